The highest BCUT2D eigenvalue weighted by Crippen LogP contribution is 2.35. The Hall–Kier alpha value is -3.98. The van der Waals surface area contributed by atoms with E-state index in [0.29, 0.717) is 0 Å². The Bertz CT molecular complexity index is 1300. The van der Waals surface area contributed by atoms with Gasteiger partial charge in [0, 0.05) is 27.9 Å². The molecule has 0 saturated heterocycles. The van der Waals surface area contributed by atoms with Gasteiger partial charge in [-0.3, -0.25) is 0 Å². The van der Waals surface area contributed by atoms with E-state index in [1.807, 2.05) is 72.8 Å². The van der Waals surface area contributed by atoms with E-state index in [2.05, 4.69) is 30.3 Å². The summed E-state index contributed by atoms with van der Waals surface area (Å²) in [5, 5.41) is 0. The lowest BCUT2D eigenvalue weighted by Gasteiger charge is -2.13. The number of fused-ring (bicyclic) bond motifs is 1. The van der Waals surface area contributed by atoms with Crippen molar-refractivity contribution in [2.45, 2.75) is 0 Å². The minimum atomic E-state index is 0.732. The summed E-state index contributed by atoms with van der Waals surface area (Å²) in [6.45, 7) is 0. The fourth-order valence-electron chi connectivity index (χ4n) is 3.63. The van der Waals surface area contributed by atoms with Crippen LogP contribution in [-0.4, -0.2) is 9.97 Å². The van der Waals surface area contributed by atoms with Crippen LogP contribution >= 0.6 is 0 Å². The predicted molar refractivity (Wildman–Crippen MR) is 120 cm³/mol. The molecule has 5 rings (SSSR count). The van der Waals surface area contributed by atoms with E-state index in [9.17, 15) is 0 Å². The minimum Gasteiger partial charge on any atom is -0.398 e. The van der Waals surface area contributed by atoms with Gasteiger partial charge in [-0.15, -0.1) is 0 Å². The van der Waals surface area contributed by atoms with Gasteiger partial charge in [0.1, 0.15) is 0 Å². The molecule has 0 unspecified atom stereocenters. The van der Waals surface area contributed by atoms with Crippen molar-refractivity contribution in [3.05, 3.63) is 103 Å². The van der Waals surface area contributed by atoms with Gasteiger partial charge in [-0.25, -0.2) is 9.97 Å². The summed E-state index contributed by atoms with van der Waals surface area (Å²) in [4.78, 5) is 10.2. The maximum Gasteiger partial charge on any atom is 0.0973 e. The molecule has 3 heteroatoms. The third kappa shape index (κ3) is 3.13. The molecule has 0 aliphatic heterocycles. The lowest BCUT2D eigenvalue weighted by atomic mass is 10.00. The van der Waals surface area contributed by atoms with Gasteiger partial charge in [0.2, 0.25) is 0 Å². The van der Waals surface area contributed by atoms with Crippen LogP contribution in [0.1, 0.15) is 0 Å². The summed E-state index contributed by atoms with van der Waals surface area (Å²) in [5.41, 5.74) is 14.5. The van der Waals surface area contributed by atoms with E-state index in [4.69, 9.17) is 15.7 Å². The second-order valence-electron chi connectivity index (χ2n) is 6.91. The first-order valence-corrected chi connectivity index (χ1v) is 9.58. The van der Waals surface area contributed by atoms with Crippen molar-refractivity contribution in [1.82, 2.24) is 9.97 Å². The zero-order valence-corrected chi connectivity index (χ0v) is 15.8. The number of nitrogens with zero attached hydrogens (tertiary/aromatic N) is 2. The molecule has 0 aliphatic rings. The average molecular weight is 373 g/mol. The number of aromatic nitrogens is 2. The van der Waals surface area contributed by atoms with Crippen molar-refractivity contribution in [3.8, 4) is 33.6 Å². The number of hydrogen-bond donors (Lipinski definition) is 1. The number of rotatable bonds is 3. The lowest BCUT2D eigenvalue weighted by molar-refractivity contribution is 1.29. The molecule has 0 atom stereocenters. The number of benzene rings is 4. The van der Waals surface area contributed by atoms with Gasteiger partial charge in [0.05, 0.1) is 22.4 Å². The second-order valence-corrected chi connectivity index (χ2v) is 6.91. The molecular weight excluding hydrogens is 354 g/mol. The topological polar surface area (TPSA) is 51.8 Å². The van der Waals surface area contributed by atoms with Crippen LogP contribution in [0.4, 0.5) is 5.69 Å². The van der Waals surface area contributed by atoms with Gasteiger partial charge in [-0.1, -0.05) is 91.0 Å². The highest BCUT2D eigenvalue weighted by molar-refractivity contribution is 5.97. The standard InChI is InChI=1S/C26H19N3/c27-22-16-8-7-14-20(22)21-15-9-17-23-26(21)29-25(19-12-5-2-6-13-19)24(28-23)18-10-3-1-4-11-18/h1-17H,27H2. The molecule has 0 fully saturated rings. The Balaban J connectivity index is 1.84. The van der Waals surface area contributed by atoms with Crippen molar-refractivity contribution in [3.63, 3.8) is 0 Å². The van der Waals surface area contributed by atoms with Gasteiger partial charge >= 0.3 is 0 Å². The molecular formula is C26H19N3. The quantitative estimate of drug-likeness (QED) is 0.382. The summed E-state index contributed by atoms with van der Waals surface area (Å²) in [5.74, 6) is 0. The summed E-state index contributed by atoms with van der Waals surface area (Å²) in [6, 6.07) is 34.4. The molecule has 0 radical (unpaired) electrons. The molecule has 29 heavy (non-hydrogen) atoms. The van der Waals surface area contributed by atoms with Gasteiger partial charge in [0.15, 0.2) is 0 Å². The van der Waals surface area contributed by atoms with Crippen LogP contribution in [0, 0.1) is 0 Å². The van der Waals surface area contributed by atoms with E-state index in [0.717, 1.165) is 50.4 Å². The fraction of sp³-hybridized carbons (Fsp3) is 0. The Kier molecular flexibility index (Phi) is 4.26. The number of nitrogen functional groups attached to an aromatic ring is 1. The largest absolute Gasteiger partial charge is 0.398 e. The Morgan fingerprint density at radius 3 is 1.69 bits per heavy atom. The zero-order chi connectivity index (χ0) is 19.6. The molecule has 1 heterocycles. The minimum absolute atomic E-state index is 0.732. The highest BCUT2D eigenvalue weighted by atomic mass is 14.8. The van der Waals surface area contributed by atoms with E-state index in [-0.39, 0.29) is 0 Å². The molecule has 138 valence electrons. The second kappa shape index (κ2) is 7.21. The van der Waals surface area contributed by atoms with Crippen molar-refractivity contribution in [2.75, 3.05) is 5.73 Å². The molecule has 0 aliphatic carbocycles. The molecule has 4 aromatic carbocycles. The number of nitrogens with two attached hydrogens (primary N) is 1. The normalized spacial score (nSPS) is 10.9. The van der Waals surface area contributed by atoms with Crippen molar-refractivity contribution < 1.29 is 0 Å². The average Bonchev–Trinajstić information content (AvgIpc) is 2.79. The van der Waals surface area contributed by atoms with E-state index >= 15 is 0 Å². The molecule has 0 amide bonds. The first-order valence-electron chi connectivity index (χ1n) is 9.58. The Labute approximate surface area is 169 Å². The Morgan fingerprint density at radius 2 is 1.03 bits per heavy atom. The first kappa shape index (κ1) is 17.1. The van der Waals surface area contributed by atoms with Crippen LogP contribution in [0.2, 0.25) is 0 Å². The summed E-state index contributed by atoms with van der Waals surface area (Å²) >= 11 is 0. The van der Waals surface area contributed by atoms with Crippen LogP contribution < -0.4 is 5.73 Å². The number of anilines is 1. The van der Waals surface area contributed by atoms with Gasteiger partial charge < -0.3 is 5.73 Å². The highest BCUT2D eigenvalue weighted by Gasteiger charge is 2.16. The molecule has 0 bridgehead atoms. The third-order valence-corrected chi connectivity index (χ3v) is 5.04. The smallest absolute Gasteiger partial charge is 0.0973 e. The van der Waals surface area contributed by atoms with Crippen LogP contribution in [0.25, 0.3) is 44.7 Å². The predicted octanol–water partition coefficient (Wildman–Crippen LogP) is 6.21. The third-order valence-electron chi connectivity index (χ3n) is 5.04. The summed E-state index contributed by atoms with van der Waals surface area (Å²) < 4.78 is 0. The molecule has 1 aromatic heterocycles. The fourth-order valence-corrected chi connectivity index (χ4v) is 3.63. The monoisotopic (exact) mass is 373 g/mol. The number of hydrogen-bond acceptors (Lipinski definition) is 3. The van der Waals surface area contributed by atoms with Gasteiger partial charge in [-0.05, 0) is 12.1 Å². The first-order chi connectivity index (χ1) is 14.3. The molecule has 0 saturated carbocycles. The van der Waals surface area contributed by atoms with Crippen LogP contribution in [0.15, 0.2) is 103 Å². The molecule has 2 N–H and O–H groups in total. The Morgan fingerprint density at radius 1 is 0.483 bits per heavy atom. The summed E-state index contributed by atoms with van der Waals surface area (Å²) in [7, 11) is 0. The maximum atomic E-state index is 6.27. The van der Waals surface area contributed by atoms with E-state index in [1.165, 1.54) is 0 Å². The van der Waals surface area contributed by atoms with Crippen LogP contribution in [0.5, 0.6) is 0 Å². The van der Waals surface area contributed by atoms with E-state index in [1.54, 1.807) is 0 Å². The van der Waals surface area contributed by atoms with Crippen molar-refractivity contribution >= 4 is 16.7 Å². The van der Waals surface area contributed by atoms with Crippen LogP contribution in [0.3, 0.4) is 0 Å². The molecule has 3 nitrogen and oxygen atoms in total. The molecule has 0 spiro atoms. The molecule has 5 aromatic rings. The van der Waals surface area contributed by atoms with Gasteiger partial charge in [-0.2, -0.15) is 0 Å². The van der Waals surface area contributed by atoms with Crippen molar-refractivity contribution in [1.29, 1.82) is 0 Å². The van der Waals surface area contributed by atoms with Crippen LogP contribution in [-0.2, 0) is 0 Å². The zero-order valence-electron chi connectivity index (χ0n) is 15.8. The van der Waals surface area contributed by atoms with Crippen molar-refractivity contribution in [2.24, 2.45) is 0 Å². The maximum absolute atomic E-state index is 6.27. The summed E-state index contributed by atoms with van der Waals surface area (Å²) in [6.07, 6.45) is 0. The number of para-hydroxylation sites is 2. The SMILES string of the molecule is Nc1ccccc1-c1cccc2nc(-c3ccccc3)c(-c3ccccc3)nc12. The lowest BCUT2D eigenvalue weighted by Crippen LogP contribution is -1.98. The van der Waals surface area contributed by atoms with E-state index < -0.39 is 0 Å². The van der Waals surface area contributed by atoms with Gasteiger partial charge in [0.25, 0.3) is 0 Å².